The first-order valence-corrected chi connectivity index (χ1v) is 12.3. The van der Waals surface area contributed by atoms with Crippen molar-refractivity contribution in [1.82, 2.24) is 4.90 Å². The number of aliphatic carboxylic acids is 1. The smallest absolute Gasteiger partial charge is 0.326 e. The van der Waals surface area contributed by atoms with Crippen LogP contribution in [0.15, 0.2) is 0 Å². The summed E-state index contributed by atoms with van der Waals surface area (Å²) in [6.07, 6.45) is 15.6. The van der Waals surface area contributed by atoms with Crippen LogP contribution in [0.3, 0.4) is 0 Å². The van der Waals surface area contributed by atoms with Gasteiger partial charge >= 0.3 is 5.97 Å². The Labute approximate surface area is 170 Å². The Morgan fingerprint density at radius 3 is 2.07 bits per heavy atom. The molecule has 1 aliphatic rings. The lowest BCUT2D eigenvalue weighted by Gasteiger charge is -2.37. The molecule has 1 saturated carbocycles. The maximum atomic E-state index is 12.7. The Morgan fingerprint density at radius 1 is 0.963 bits per heavy atom. The molecule has 0 radical (unpaired) electrons. The van der Waals surface area contributed by atoms with E-state index in [0.29, 0.717) is 6.42 Å². The third kappa shape index (κ3) is 10.4. The summed E-state index contributed by atoms with van der Waals surface area (Å²) in [5.41, 5.74) is 0. The highest BCUT2D eigenvalue weighted by Gasteiger charge is 2.32. The monoisotopic (exact) mass is 399 g/mol. The lowest BCUT2D eigenvalue weighted by Crippen LogP contribution is -2.50. The van der Waals surface area contributed by atoms with Crippen molar-refractivity contribution in [3.8, 4) is 0 Å². The second kappa shape index (κ2) is 15.2. The van der Waals surface area contributed by atoms with Crippen LogP contribution in [-0.4, -0.2) is 45.5 Å². The van der Waals surface area contributed by atoms with E-state index in [9.17, 15) is 14.7 Å². The third-order valence-corrected chi connectivity index (χ3v) is 6.65. The van der Waals surface area contributed by atoms with Crippen molar-refractivity contribution in [3.63, 3.8) is 0 Å². The van der Waals surface area contributed by atoms with E-state index in [1.807, 2.05) is 11.8 Å². The van der Waals surface area contributed by atoms with Crippen molar-refractivity contribution in [3.05, 3.63) is 0 Å². The number of nitrogens with zero attached hydrogens (tertiary/aromatic N) is 1. The van der Waals surface area contributed by atoms with Gasteiger partial charge in [-0.25, -0.2) is 4.79 Å². The summed E-state index contributed by atoms with van der Waals surface area (Å²) >= 11 is 2.03. The number of rotatable bonds is 15. The van der Waals surface area contributed by atoms with Crippen molar-refractivity contribution in [1.29, 1.82) is 0 Å². The zero-order chi connectivity index (χ0) is 19.9. The van der Waals surface area contributed by atoms with E-state index in [-0.39, 0.29) is 11.9 Å². The van der Waals surface area contributed by atoms with E-state index in [1.54, 1.807) is 11.8 Å². The molecule has 0 unspecified atom stereocenters. The van der Waals surface area contributed by atoms with Gasteiger partial charge in [0.2, 0.25) is 5.91 Å². The van der Waals surface area contributed by atoms with Crippen LogP contribution >= 0.6 is 11.8 Å². The minimum atomic E-state index is -0.883. The summed E-state index contributed by atoms with van der Waals surface area (Å²) in [5.74, 6) is 1.68. The van der Waals surface area contributed by atoms with E-state index < -0.39 is 12.0 Å². The molecular formula is C22H41NO3S. The Morgan fingerprint density at radius 2 is 1.52 bits per heavy atom. The molecule has 0 heterocycles. The van der Waals surface area contributed by atoms with Crippen molar-refractivity contribution in [2.24, 2.45) is 0 Å². The molecule has 1 amide bonds. The number of hydrogen-bond donors (Lipinski definition) is 1. The topological polar surface area (TPSA) is 57.6 Å². The van der Waals surface area contributed by atoms with E-state index in [0.717, 1.165) is 38.5 Å². The summed E-state index contributed by atoms with van der Waals surface area (Å²) in [6, 6.07) is -0.574. The van der Waals surface area contributed by atoms with Gasteiger partial charge in [0.25, 0.3) is 0 Å². The number of carbonyl (C=O) groups is 2. The molecule has 0 aliphatic heterocycles. The number of carboxylic acid groups (broad SMARTS) is 1. The number of amides is 1. The zero-order valence-electron chi connectivity index (χ0n) is 17.6. The Kier molecular flexibility index (Phi) is 13.7. The van der Waals surface area contributed by atoms with Gasteiger partial charge in [-0.15, -0.1) is 0 Å². The van der Waals surface area contributed by atoms with Crippen LogP contribution in [0.1, 0.15) is 104 Å². The van der Waals surface area contributed by atoms with Crippen LogP contribution in [0.2, 0.25) is 0 Å². The molecule has 158 valence electrons. The Hall–Kier alpha value is -0.710. The number of thioether (sulfide) groups is 1. The number of unbranched alkanes of at least 4 members (excludes halogenated alkanes) is 7. The molecule has 4 nitrogen and oxygen atoms in total. The van der Waals surface area contributed by atoms with Gasteiger partial charge in [-0.1, -0.05) is 64.7 Å². The van der Waals surface area contributed by atoms with E-state index >= 15 is 0 Å². The zero-order valence-corrected chi connectivity index (χ0v) is 18.4. The standard InChI is InChI=1S/C22H41NO3S/c1-3-27-18-14-9-7-5-4-6-8-13-17-21(24)23(19(2)22(25)26)20-15-11-10-12-16-20/h19-20H,3-18H2,1-2H3,(H,25,26)/t19-/m0/s1. The minimum Gasteiger partial charge on any atom is -0.480 e. The molecule has 1 rings (SSSR count). The van der Waals surface area contributed by atoms with Crippen molar-refractivity contribution in [2.45, 2.75) is 116 Å². The number of hydrogen-bond acceptors (Lipinski definition) is 3. The highest BCUT2D eigenvalue weighted by atomic mass is 32.2. The quantitative estimate of drug-likeness (QED) is 0.349. The first kappa shape index (κ1) is 24.3. The van der Waals surface area contributed by atoms with Crippen molar-refractivity contribution in [2.75, 3.05) is 11.5 Å². The van der Waals surface area contributed by atoms with Crippen LogP contribution in [-0.2, 0) is 9.59 Å². The minimum absolute atomic E-state index is 0.0465. The largest absolute Gasteiger partial charge is 0.480 e. The molecule has 0 aromatic heterocycles. The molecule has 0 aromatic rings. The summed E-state index contributed by atoms with van der Waals surface area (Å²) in [6.45, 7) is 3.87. The fourth-order valence-corrected chi connectivity index (χ4v) is 4.73. The second-order valence-corrected chi connectivity index (χ2v) is 9.28. The Balaban J connectivity index is 2.19. The SMILES string of the molecule is CCSCCCCCCCCCCC(=O)N(C1CCCCC1)[C@@H](C)C(=O)O. The molecular weight excluding hydrogens is 358 g/mol. The molecule has 27 heavy (non-hydrogen) atoms. The van der Waals surface area contributed by atoms with Gasteiger partial charge in [0.1, 0.15) is 6.04 Å². The van der Waals surface area contributed by atoms with Crippen molar-refractivity contribution >= 4 is 23.6 Å². The summed E-state index contributed by atoms with van der Waals surface area (Å²) < 4.78 is 0. The van der Waals surface area contributed by atoms with Gasteiger partial charge in [-0.05, 0) is 44.1 Å². The molecule has 0 saturated heterocycles. The number of carbonyl (C=O) groups excluding carboxylic acids is 1. The lowest BCUT2D eigenvalue weighted by molar-refractivity contribution is -0.152. The van der Waals surface area contributed by atoms with E-state index in [1.165, 1.54) is 56.5 Å². The molecule has 1 atom stereocenters. The molecule has 0 spiro atoms. The second-order valence-electron chi connectivity index (χ2n) is 7.88. The molecule has 5 heteroatoms. The molecule has 1 aliphatic carbocycles. The molecule has 1 N–H and O–H groups in total. The van der Waals surface area contributed by atoms with E-state index in [4.69, 9.17) is 0 Å². The van der Waals surface area contributed by atoms with Crippen LogP contribution in [0.25, 0.3) is 0 Å². The van der Waals surface area contributed by atoms with Gasteiger partial charge in [0.15, 0.2) is 0 Å². The van der Waals surface area contributed by atoms with Gasteiger partial charge in [0.05, 0.1) is 0 Å². The predicted molar refractivity (Wildman–Crippen MR) is 115 cm³/mol. The molecule has 0 aromatic carbocycles. The normalized spacial score (nSPS) is 16.2. The number of carboxylic acids is 1. The fourth-order valence-electron chi connectivity index (χ4n) is 4.03. The maximum Gasteiger partial charge on any atom is 0.326 e. The predicted octanol–water partition coefficient (Wildman–Crippen LogP) is 5.88. The summed E-state index contributed by atoms with van der Waals surface area (Å²) in [5, 5.41) is 9.40. The van der Waals surface area contributed by atoms with E-state index in [2.05, 4.69) is 6.92 Å². The third-order valence-electron chi connectivity index (χ3n) is 5.66. The molecule has 1 fully saturated rings. The maximum absolute atomic E-state index is 12.7. The lowest BCUT2D eigenvalue weighted by atomic mass is 9.92. The highest BCUT2D eigenvalue weighted by Crippen LogP contribution is 2.25. The van der Waals surface area contributed by atoms with Crippen molar-refractivity contribution < 1.29 is 14.7 Å². The van der Waals surface area contributed by atoms with Gasteiger partial charge < -0.3 is 10.0 Å². The first-order valence-electron chi connectivity index (χ1n) is 11.2. The van der Waals surface area contributed by atoms with Crippen LogP contribution in [0.4, 0.5) is 0 Å². The summed E-state index contributed by atoms with van der Waals surface area (Å²) in [4.78, 5) is 25.9. The average molecular weight is 400 g/mol. The van der Waals surface area contributed by atoms with Crippen LogP contribution in [0.5, 0.6) is 0 Å². The Bertz CT molecular complexity index is 410. The van der Waals surface area contributed by atoms with Crippen LogP contribution < -0.4 is 0 Å². The average Bonchev–Trinajstić information content (AvgIpc) is 2.67. The van der Waals surface area contributed by atoms with Gasteiger partial charge in [-0.2, -0.15) is 11.8 Å². The molecule has 0 bridgehead atoms. The van der Waals surface area contributed by atoms with Crippen LogP contribution in [0, 0.1) is 0 Å². The van der Waals surface area contributed by atoms with Gasteiger partial charge in [-0.3, -0.25) is 4.79 Å². The fraction of sp³-hybridized carbons (Fsp3) is 0.909. The highest BCUT2D eigenvalue weighted by molar-refractivity contribution is 7.99. The van der Waals surface area contributed by atoms with Gasteiger partial charge in [0, 0.05) is 12.5 Å². The first-order chi connectivity index (χ1) is 13.1. The summed E-state index contributed by atoms with van der Waals surface area (Å²) in [7, 11) is 0.